The van der Waals surface area contributed by atoms with Gasteiger partial charge < -0.3 is 10.5 Å². The predicted octanol–water partition coefficient (Wildman–Crippen LogP) is 3.55. The molecule has 1 rings (SSSR count). The second-order valence-electron chi connectivity index (χ2n) is 3.89. The highest BCUT2D eigenvalue weighted by Gasteiger charge is 2.31. The van der Waals surface area contributed by atoms with Crippen molar-refractivity contribution in [1.82, 2.24) is 0 Å². The van der Waals surface area contributed by atoms with Crippen LogP contribution in [0.4, 0.5) is 13.2 Å². The van der Waals surface area contributed by atoms with E-state index in [0.717, 1.165) is 5.57 Å². The van der Waals surface area contributed by atoms with Gasteiger partial charge in [-0.1, -0.05) is 17.7 Å². The Labute approximate surface area is 97.9 Å². The fraction of sp³-hybridized carbons (Fsp3) is 0.333. The quantitative estimate of drug-likeness (QED) is 0.823. The van der Waals surface area contributed by atoms with Gasteiger partial charge in [0.1, 0.15) is 5.75 Å². The maximum atomic E-state index is 12.0. The Morgan fingerprint density at radius 3 is 2.65 bits per heavy atom. The third kappa shape index (κ3) is 4.91. The average Bonchev–Trinajstić information content (AvgIpc) is 2.14. The van der Waals surface area contributed by atoms with Crippen LogP contribution in [-0.2, 0) is 0 Å². The number of ether oxygens (including phenoxy) is 1. The van der Waals surface area contributed by atoms with Gasteiger partial charge in [-0.3, -0.25) is 0 Å². The third-order valence-corrected chi connectivity index (χ3v) is 2.09. The van der Waals surface area contributed by atoms with Crippen LogP contribution in [0.1, 0.15) is 24.9 Å². The molecule has 0 heterocycles. The summed E-state index contributed by atoms with van der Waals surface area (Å²) in [4.78, 5) is 0. The number of halogens is 3. The van der Waals surface area contributed by atoms with Crippen molar-refractivity contribution in [1.29, 1.82) is 0 Å². The van der Waals surface area contributed by atoms with Gasteiger partial charge in [-0.25, -0.2) is 0 Å². The number of benzene rings is 1. The Bertz CT molecular complexity index is 401. The van der Waals surface area contributed by atoms with Crippen molar-refractivity contribution < 1.29 is 17.9 Å². The molecule has 0 unspecified atom stereocenters. The minimum absolute atomic E-state index is 0.257. The zero-order valence-electron chi connectivity index (χ0n) is 9.42. The van der Waals surface area contributed by atoms with Gasteiger partial charge in [-0.2, -0.15) is 0 Å². The summed E-state index contributed by atoms with van der Waals surface area (Å²) in [6.45, 7) is 5.53. The van der Waals surface area contributed by atoms with Gasteiger partial charge in [-0.05, 0) is 31.0 Å². The van der Waals surface area contributed by atoms with Crippen LogP contribution in [0.3, 0.4) is 0 Å². The minimum Gasteiger partial charge on any atom is -0.406 e. The first-order chi connectivity index (χ1) is 7.78. The Balaban J connectivity index is 2.82. The molecule has 5 heteroatoms. The molecule has 17 heavy (non-hydrogen) atoms. The van der Waals surface area contributed by atoms with E-state index in [1.807, 2.05) is 6.92 Å². The Morgan fingerprint density at radius 1 is 1.47 bits per heavy atom. The highest BCUT2D eigenvalue weighted by molar-refractivity contribution is 5.31. The van der Waals surface area contributed by atoms with E-state index < -0.39 is 6.36 Å². The van der Waals surface area contributed by atoms with E-state index >= 15 is 0 Å². The van der Waals surface area contributed by atoms with Crippen molar-refractivity contribution in [3.05, 3.63) is 42.0 Å². The summed E-state index contributed by atoms with van der Waals surface area (Å²) in [5.41, 5.74) is 7.30. The summed E-state index contributed by atoms with van der Waals surface area (Å²) < 4.78 is 39.9. The molecule has 0 aliphatic heterocycles. The van der Waals surface area contributed by atoms with Crippen molar-refractivity contribution in [3.8, 4) is 5.75 Å². The zero-order chi connectivity index (χ0) is 13.1. The molecule has 0 bridgehead atoms. The largest absolute Gasteiger partial charge is 0.573 e. The first-order valence-electron chi connectivity index (χ1n) is 5.03. The number of alkyl halides is 3. The van der Waals surface area contributed by atoms with E-state index in [1.165, 1.54) is 18.2 Å². The summed E-state index contributed by atoms with van der Waals surface area (Å²) >= 11 is 0. The molecular weight excluding hydrogens is 231 g/mol. The van der Waals surface area contributed by atoms with Crippen LogP contribution in [0.25, 0.3) is 0 Å². The fourth-order valence-electron chi connectivity index (χ4n) is 1.44. The minimum atomic E-state index is -4.68. The van der Waals surface area contributed by atoms with Gasteiger partial charge >= 0.3 is 6.36 Å². The van der Waals surface area contributed by atoms with Crippen LogP contribution >= 0.6 is 0 Å². The molecule has 2 N–H and O–H groups in total. The maximum absolute atomic E-state index is 12.0. The van der Waals surface area contributed by atoms with Gasteiger partial charge in [0, 0.05) is 6.04 Å². The summed E-state index contributed by atoms with van der Waals surface area (Å²) in [7, 11) is 0. The standard InChI is InChI=1S/C12H14F3NO/c1-8(2)6-11(16)9-4-3-5-10(7-9)17-12(13,14)15/h3-5,7,11H,1,6,16H2,2H3/t11-/m1/s1. The molecule has 1 aromatic carbocycles. The molecule has 0 aromatic heterocycles. The van der Waals surface area contributed by atoms with Crippen molar-refractivity contribution in [2.75, 3.05) is 0 Å². The third-order valence-electron chi connectivity index (χ3n) is 2.09. The molecule has 0 aliphatic rings. The lowest BCUT2D eigenvalue weighted by Crippen LogP contribution is -2.17. The molecule has 0 spiro atoms. The molecule has 94 valence electrons. The number of nitrogens with two attached hydrogens (primary N) is 1. The lowest BCUT2D eigenvalue weighted by atomic mass is 10.0. The molecular formula is C12H14F3NO. The summed E-state index contributed by atoms with van der Waals surface area (Å²) in [5.74, 6) is -0.257. The zero-order valence-corrected chi connectivity index (χ0v) is 9.42. The molecule has 0 amide bonds. The van der Waals surface area contributed by atoms with Gasteiger partial charge in [0.05, 0.1) is 0 Å². The molecule has 1 atom stereocenters. The van der Waals surface area contributed by atoms with Gasteiger partial charge in [0.25, 0.3) is 0 Å². The smallest absolute Gasteiger partial charge is 0.406 e. The van der Waals surface area contributed by atoms with E-state index in [0.29, 0.717) is 12.0 Å². The Kier molecular flexibility index (Phi) is 4.17. The van der Waals surface area contributed by atoms with Gasteiger partial charge in [-0.15, -0.1) is 19.8 Å². The summed E-state index contributed by atoms with van der Waals surface area (Å²) in [6.07, 6.45) is -4.16. The van der Waals surface area contributed by atoms with Crippen molar-refractivity contribution >= 4 is 0 Å². The van der Waals surface area contributed by atoms with E-state index in [4.69, 9.17) is 5.73 Å². The van der Waals surface area contributed by atoms with Gasteiger partial charge in [0.15, 0.2) is 0 Å². The molecule has 0 aliphatic carbocycles. The second-order valence-corrected chi connectivity index (χ2v) is 3.89. The molecule has 0 radical (unpaired) electrons. The number of hydrogen-bond acceptors (Lipinski definition) is 2. The Morgan fingerprint density at radius 2 is 2.12 bits per heavy atom. The van der Waals surface area contributed by atoms with E-state index in [9.17, 15) is 13.2 Å². The normalized spacial score (nSPS) is 13.2. The van der Waals surface area contributed by atoms with Crippen LogP contribution in [0.15, 0.2) is 36.4 Å². The number of hydrogen-bond donors (Lipinski definition) is 1. The monoisotopic (exact) mass is 245 g/mol. The maximum Gasteiger partial charge on any atom is 0.573 e. The molecule has 0 saturated heterocycles. The van der Waals surface area contributed by atoms with Crippen molar-refractivity contribution in [3.63, 3.8) is 0 Å². The van der Waals surface area contributed by atoms with Crippen LogP contribution in [0.5, 0.6) is 5.75 Å². The topological polar surface area (TPSA) is 35.2 Å². The average molecular weight is 245 g/mol. The molecule has 0 fully saturated rings. The van der Waals surface area contributed by atoms with Crippen molar-refractivity contribution in [2.45, 2.75) is 25.7 Å². The summed E-state index contributed by atoms with van der Waals surface area (Å²) in [5, 5.41) is 0. The predicted molar refractivity (Wildman–Crippen MR) is 59.5 cm³/mol. The molecule has 1 aromatic rings. The van der Waals surface area contributed by atoms with E-state index in [1.54, 1.807) is 6.07 Å². The van der Waals surface area contributed by atoms with E-state index in [-0.39, 0.29) is 11.8 Å². The van der Waals surface area contributed by atoms with Crippen LogP contribution in [0.2, 0.25) is 0 Å². The van der Waals surface area contributed by atoms with Crippen LogP contribution < -0.4 is 10.5 Å². The van der Waals surface area contributed by atoms with Crippen LogP contribution in [0, 0.1) is 0 Å². The lowest BCUT2D eigenvalue weighted by Gasteiger charge is -2.14. The van der Waals surface area contributed by atoms with E-state index in [2.05, 4.69) is 11.3 Å². The molecule has 0 saturated carbocycles. The summed E-state index contributed by atoms with van der Waals surface area (Å²) in [6, 6.07) is 5.31. The first kappa shape index (κ1) is 13.6. The lowest BCUT2D eigenvalue weighted by molar-refractivity contribution is -0.274. The highest BCUT2D eigenvalue weighted by Crippen LogP contribution is 2.26. The fourth-order valence-corrected chi connectivity index (χ4v) is 1.44. The first-order valence-corrected chi connectivity index (χ1v) is 5.03. The second kappa shape index (κ2) is 5.23. The highest BCUT2D eigenvalue weighted by atomic mass is 19.4. The Hall–Kier alpha value is -1.49. The van der Waals surface area contributed by atoms with Gasteiger partial charge in [0.2, 0.25) is 0 Å². The number of rotatable bonds is 4. The SMILES string of the molecule is C=C(C)C[C@@H](N)c1cccc(OC(F)(F)F)c1. The van der Waals surface area contributed by atoms with Crippen LogP contribution in [-0.4, -0.2) is 6.36 Å². The van der Waals surface area contributed by atoms with Crippen molar-refractivity contribution in [2.24, 2.45) is 5.73 Å². The molecule has 2 nitrogen and oxygen atoms in total.